The molecule has 1 heterocycles. The molecular formula is C30H34NO6P. The lowest BCUT2D eigenvalue weighted by atomic mass is 9.71. The minimum atomic E-state index is -4.22. The van der Waals surface area contributed by atoms with Crippen molar-refractivity contribution in [3.63, 3.8) is 0 Å². The molecule has 0 N–H and O–H groups in total. The number of carbonyl (C=O) groups is 1. The summed E-state index contributed by atoms with van der Waals surface area (Å²) in [5.74, 6) is 0.934. The predicted molar refractivity (Wildman–Crippen MR) is 147 cm³/mol. The largest absolute Gasteiger partial charge is 0.646 e. The second-order valence-corrected chi connectivity index (χ2v) is 11.6. The number of phosphoric acid groups is 1. The molecule has 7 nitrogen and oxygen atoms in total. The number of benzene rings is 3. The Hall–Kier alpha value is -3.70. The van der Waals surface area contributed by atoms with Crippen LogP contribution < -0.4 is 9.05 Å². The highest BCUT2D eigenvalue weighted by atomic mass is 31.2. The monoisotopic (exact) mass is 535 g/mol. The molecule has 0 saturated carbocycles. The van der Waals surface area contributed by atoms with Gasteiger partial charge < -0.3 is 23.2 Å². The van der Waals surface area contributed by atoms with Crippen LogP contribution in [0.4, 0.5) is 4.79 Å². The number of allylic oxidation sites excluding steroid dienone is 1. The number of likely N-dealkylation sites (tertiary alicyclic amines) is 1. The quantitative estimate of drug-likeness (QED) is 0.217. The maximum absolute atomic E-state index is 14.1. The van der Waals surface area contributed by atoms with Crippen molar-refractivity contribution in [1.29, 1.82) is 0 Å². The van der Waals surface area contributed by atoms with E-state index >= 15 is 0 Å². The standard InChI is InChI=1S/C30H34NO6P/c1-24(35-38(33,36-26-16-10-6-11-17-26)37-27-18-12-7-13-19-27)30(25-14-8-5-9-15-25)20-22-31(23-21-30)28(32)34-29(2,3)4/h5-19H,1,20-23H2,2-4H3. The lowest BCUT2D eigenvalue weighted by Crippen LogP contribution is -2.47. The van der Waals surface area contributed by atoms with Gasteiger partial charge in [0, 0.05) is 13.1 Å². The molecule has 0 aromatic heterocycles. The SMILES string of the molecule is C=C(OP(=O)(Oc1ccccc1)Oc1ccccc1)C1(c2ccccc2)CCN(C(=O)OC(C)(C)C)CC1. The van der Waals surface area contributed by atoms with E-state index in [0.717, 1.165) is 5.56 Å². The van der Waals surface area contributed by atoms with Gasteiger partial charge in [-0.1, -0.05) is 73.3 Å². The number of para-hydroxylation sites is 2. The Morgan fingerprint density at radius 1 is 0.816 bits per heavy atom. The van der Waals surface area contributed by atoms with E-state index in [4.69, 9.17) is 18.3 Å². The van der Waals surface area contributed by atoms with Gasteiger partial charge in [-0.2, -0.15) is 4.57 Å². The van der Waals surface area contributed by atoms with Crippen molar-refractivity contribution in [2.45, 2.75) is 44.6 Å². The fourth-order valence-electron chi connectivity index (χ4n) is 4.38. The lowest BCUT2D eigenvalue weighted by molar-refractivity contribution is 0.0160. The molecule has 38 heavy (non-hydrogen) atoms. The number of hydrogen-bond acceptors (Lipinski definition) is 6. The summed E-state index contributed by atoms with van der Waals surface area (Å²) in [7, 11) is -4.22. The Bertz CT molecular complexity index is 1220. The summed E-state index contributed by atoms with van der Waals surface area (Å²) in [6.07, 6.45) is 0.619. The van der Waals surface area contributed by atoms with E-state index in [1.54, 1.807) is 53.4 Å². The molecule has 1 fully saturated rings. The van der Waals surface area contributed by atoms with E-state index < -0.39 is 18.8 Å². The van der Waals surface area contributed by atoms with Gasteiger partial charge in [0.25, 0.3) is 0 Å². The third-order valence-electron chi connectivity index (χ3n) is 6.27. The van der Waals surface area contributed by atoms with Crippen LogP contribution in [-0.4, -0.2) is 29.7 Å². The Morgan fingerprint density at radius 3 is 1.71 bits per heavy atom. The van der Waals surface area contributed by atoms with Gasteiger partial charge in [-0.25, -0.2) is 4.79 Å². The Labute approximate surface area is 224 Å². The third-order valence-corrected chi connectivity index (χ3v) is 7.58. The molecule has 3 aromatic rings. The molecule has 4 rings (SSSR count). The molecule has 3 aromatic carbocycles. The Balaban J connectivity index is 1.62. The average Bonchev–Trinajstić information content (AvgIpc) is 2.89. The fraction of sp³-hybridized carbons (Fsp3) is 0.300. The lowest BCUT2D eigenvalue weighted by Gasteiger charge is -2.43. The van der Waals surface area contributed by atoms with E-state index in [1.165, 1.54) is 0 Å². The van der Waals surface area contributed by atoms with E-state index in [-0.39, 0.29) is 11.9 Å². The van der Waals surface area contributed by atoms with Crippen LogP contribution >= 0.6 is 7.82 Å². The highest BCUT2D eigenvalue weighted by Crippen LogP contribution is 2.55. The molecule has 1 aliphatic rings. The minimum Gasteiger partial charge on any atom is -0.444 e. The minimum absolute atomic E-state index is 0.253. The zero-order valence-corrected chi connectivity index (χ0v) is 22.9. The van der Waals surface area contributed by atoms with Crippen molar-refractivity contribution in [1.82, 2.24) is 4.90 Å². The van der Waals surface area contributed by atoms with Gasteiger partial charge in [-0.05, 0) is 63.4 Å². The first-order valence-electron chi connectivity index (χ1n) is 12.6. The molecule has 1 saturated heterocycles. The summed E-state index contributed by atoms with van der Waals surface area (Å²) in [5.41, 5.74) is -0.372. The molecular weight excluding hydrogens is 501 g/mol. The molecule has 0 unspecified atom stereocenters. The van der Waals surface area contributed by atoms with Crippen molar-refractivity contribution in [2.24, 2.45) is 0 Å². The smallest absolute Gasteiger partial charge is 0.444 e. The number of ether oxygens (including phenoxy) is 1. The van der Waals surface area contributed by atoms with Crippen LogP contribution in [0.25, 0.3) is 0 Å². The summed E-state index contributed by atoms with van der Waals surface area (Å²) in [5, 5.41) is 0. The van der Waals surface area contributed by atoms with Gasteiger partial charge in [-0.3, -0.25) is 0 Å². The topological polar surface area (TPSA) is 74.3 Å². The molecule has 0 aliphatic carbocycles. The summed E-state index contributed by atoms with van der Waals surface area (Å²) in [4.78, 5) is 14.4. The van der Waals surface area contributed by atoms with Gasteiger partial charge in [0.1, 0.15) is 22.9 Å². The van der Waals surface area contributed by atoms with Crippen molar-refractivity contribution in [3.8, 4) is 11.5 Å². The zero-order valence-electron chi connectivity index (χ0n) is 22.0. The van der Waals surface area contributed by atoms with E-state index in [1.807, 2.05) is 63.2 Å². The van der Waals surface area contributed by atoms with Crippen LogP contribution in [0.2, 0.25) is 0 Å². The van der Waals surface area contributed by atoms with Gasteiger partial charge in [0.05, 0.1) is 5.41 Å². The van der Waals surface area contributed by atoms with Crippen molar-refractivity contribution >= 4 is 13.9 Å². The van der Waals surface area contributed by atoms with Crippen LogP contribution in [0.5, 0.6) is 11.5 Å². The summed E-state index contributed by atoms with van der Waals surface area (Å²) < 4.78 is 37.4. The number of piperidine rings is 1. The molecule has 1 amide bonds. The van der Waals surface area contributed by atoms with E-state index in [0.29, 0.717) is 37.4 Å². The molecule has 1 aliphatic heterocycles. The van der Waals surface area contributed by atoms with E-state index in [9.17, 15) is 9.36 Å². The van der Waals surface area contributed by atoms with Crippen LogP contribution in [0.3, 0.4) is 0 Å². The summed E-state index contributed by atoms with van der Waals surface area (Å²) in [6.45, 7) is 10.6. The number of rotatable bonds is 8. The van der Waals surface area contributed by atoms with Crippen LogP contribution in [-0.2, 0) is 19.2 Å². The van der Waals surface area contributed by atoms with Gasteiger partial charge in [0.2, 0.25) is 0 Å². The van der Waals surface area contributed by atoms with E-state index in [2.05, 4.69) is 6.58 Å². The maximum atomic E-state index is 14.1. The highest BCUT2D eigenvalue weighted by Gasteiger charge is 2.46. The number of phosphoric ester groups is 1. The molecule has 0 radical (unpaired) electrons. The van der Waals surface area contributed by atoms with Crippen molar-refractivity contribution in [3.05, 3.63) is 109 Å². The van der Waals surface area contributed by atoms with Crippen molar-refractivity contribution < 1.29 is 27.7 Å². The maximum Gasteiger partial charge on any atom is 0.646 e. The van der Waals surface area contributed by atoms with Crippen LogP contribution in [0, 0.1) is 0 Å². The molecule has 0 atom stereocenters. The summed E-state index contributed by atoms with van der Waals surface area (Å²) >= 11 is 0. The first-order valence-corrected chi connectivity index (χ1v) is 14.1. The van der Waals surface area contributed by atoms with Crippen LogP contribution in [0.1, 0.15) is 39.2 Å². The van der Waals surface area contributed by atoms with Crippen LogP contribution in [0.15, 0.2) is 103 Å². The molecule has 0 spiro atoms. The summed E-state index contributed by atoms with van der Waals surface area (Å²) in [6, 6.07) is 27.2. The number of carbonyl (C=O) groups excluding carboxylic acids is 1. The van der Waals surface area contributed by atoms with Gasteiger partial charge in [0.15, 0.2) is 0 Å². The Morgan fingerprint density at radius 2 is 1.26 bits per heavy atom. The average molecular weight is 536 g/mol. The van der Waals surface area contributed by atoms with Gasteiger partial charge >= 0.3 is 13.9 Å². The fourth-order valence-corrected chi connectivity index (χ4v) is 5.70. The molecule has 8 heteroatoms. The van der Waals surface area contributed by atoms with Crippen molar-refractivity contribution in [2.75, 3.05) is 13.1 Å². The third kappa shape index (κ3) is 6.78. The first kappa shape index (κ1) is 27.3. The number of nitrogens with zero attached hydrogens (tertiary/aromatic N) is 1. The normalized spacial score (nSPS) is 15.3. The van der Waals surface area contributed by atoms with Gasteiger partial charge in [-0.15, -0.1) is 0 Å². The number of amides is 1. The second kappa shape index (κ2) is 11.4. The second-order valence-electron chi connectivity index (χ2n) is 10.2. The predicted octanol–water partition coefficient (Wildman–Crippen LogP) is 7.75. The zero-order chi connectivity index (χ0) is 27.2. The first-order chi connectivity index (χ1) is 18.1. The number of hydrogen-bond donors (Lipinski definition) is 0. The molecule has 200 valence electrons. The highest BCUT2D eigenvalue weighted by molar-refractivity contribution is 7.49. The Kier molecular flexibility index (Phi) is 8.17. The molecule has 0 bridgehead atoms.